The topological polar surface area (TPSA) is 47.7 Å². The molecule has 0 aromatic heterocycles. The number of nitrogens with two attached hydrogens (primary N) is 1. The third-order valence-corrected chi connectivity index (χ3v) is 3.83. The first-order chi connectivity index (χ1) is 9.61. The molecule has 0 saturated carbocycles. The second-order valence-corrected chi connectivity index (χ2v) is 5.67. The van der Waals surface area contributed by atoms with E-state index in [1.165, 1.54) is 5.56 Å². The number of benzene rings is 1. The Kier molecular flexibility index (Phi) is 5.40. The monoisotopic (exact) mass is 278 g/mol. The van der Waals surface area contributed by atoms with Gasteiger partial charge in [0.2, 0.25) is 0 Å². The van der Waals surface area contributed by atoms with E-state index in [4.69, 9.17) is 15.2 Å². The molecular formula is C16H26N2O2. The molecule has 1 aliphatic rings. The summed E-state index contributed by atoms with van der Waals surface area (Å²) in [4.78, 5) is 2.34. The molecular weight excluding hydrogens is 252 g/mol. The van der Waals surface area contributed by atoms with Gasteiger partial charge in [0.05, 0.1) is 12.7 Å². The molecule has 0 spiro atoms. The summed E-state index contributed by atoms with van der Waals surface area (Å²) in [6, 6.07) is 8.97. The molecule has 2 unspecified atom stereocenters. The third-order valence-electron chi connectivity index (χ3n) is 3.83. The van der Waals surface area contributed by atoms with Crippen molar-refractivity contribution >= 4 is 0 Å². The Balaban J connectivity index is 2.06. The summed E-state index contributed by atoms with van der Waals surface area (Å²) in [6.45, 7) is 6.33. The minimum absolute atomic E-state index is 0.199. The summed E-state index contributed by atoms with van der Waals surface area (Å²) in [5.41, 5.74) is 7.21. The predicted molar refractivity (Wildman–Crippen MR) is 81.0 cm³/mol. The molecule has 4 nitrogen and oxygen atoms in total. The quantitative estimate of drug-likeness (QED) is 0.866. The number of likely N-dealkylation sites (N-methyl/N-ethyl adjacent to an activating group) is 1. The van der Waals surface area contributed by atoms with E-state index in [1.54, 1.807) is 0 Å². The maximum Gasteiger partial charge on any atom is 0.119 e. The zero-order valence-electron chi connectivity index (χ0n) is 12.7. The average Bonchev–Trinajstić information content (AvgIpc) is 2.94. The van der Waals surface area contributed by atoms with Gasteiger partial charge in [-0.1, -0.05) is 12.1 Å². The largest absolute Gasteiger partial charge is 0.491 e. The average molecular weight is 278 g/mol. The Labute approximate surface area is 121 Å². The van der Waals surface area contributed by atoms with E-state index in [9.17, 15) is 0 Å². The van der Waals surface area contributed by atoms with E-state index in [-0.39, 0.29) is 12.1 Å². The lowest BCUT2D eigenvalue weighted by molar-refractivity contribution is 0.134. The Hall–Kier alpha value is -1.10. The van der Waals surface area contributed by atoms with Crippen LogP contribution < -0.4 is 10.5 Å². The Morgan fingerprint density at radius 3 is 2.55 bits per heavy atom. The lowest BCUT2D eigenvalue weighted by atomic mass is 10.0. The van der Waals surface area contributed by atoms with Gasteiger partial charge in [0, 0.05) is 25.2 Å². The van der Waals surface area contributed by atoms with Crippen LogP contribution in [-0.4, -0.2) is 43.9 Å². The maximum atomic E-state index is 5.98. The van der Waals surface area contributed by atoms with Crippen LogP contribution in [0, 0.1) is 0 Å². The number of nitrogens with zero attached hydrogens (tertiary/aromatic N) is 1. The molecule has 1 heterocycles. The first-order valence-corrected chi connectivity index (χ1v) is 7.38. The smallest absolute Gasteiger partial charge is 0.119 e. The van der Waals surface area contributed by atoms with E-state index >= 15 is 0 Å². The summed E-state index contributed by atoms with van der Waals surface area (Å²) >= 11 is 0. The highest BCUT2D eigenvalue weighted by atomic mass is 16.5. The molecule has 1 aromatic carbocycles. The molecule has 1 saturated heterocycles. The van der Waals surface area contributed by atoms with Crippen LogP contribution >= 0.6 is 0 Å². The molecule has 4 heteroatoms. The highest BCUT2D eigenvalue weighted by Gasteiger charge is 2.26. The van der Waals surface area contributed by atoms with Crippen molar-refractivity contribution in [2.24, 2.45) is 5.73 Å². The van der Waals surface area contributed by atoms with Crippen molar-refractivity contribution < 1.29 is 9.47 Å². The Morgan fingerprint density at radius 2 is 2.05 bits per heavy atom. The molecule has 2 N–H and O–H groups in total. The number of hydrogen-bond donors (Lipinski definition) is 1. The van der Waals surface area contributed by atoms with E-state index in [0.717, 1.165) is 25.4 Å². The van der Waals surface area contributed by atoms with Gasteiger partial charge in [0.1, 0.15) is 5.75 Å². The molecule has 1 aliphatic heterocycles. The molecule has 0 bridgehead atoms. The number of hydrogen-bond acceptors (Lipinski definition) is 4. The fourth-order valence-electron chi connectivity index (χ4n) is 2.68. The zero-order chi connectivity index (χ0) is 14.5. The molecule has 1 fully saturated rings. The van der Waals surface area contributed by atoms with Crippen LogP contribution in [0.5, 0.6) is 5.75 Å². The van der Waals surface area contributed by atoms with Gasteiger partial charge in [0.15, 0.2) is 0 Å². The van der Waals surface area contributed by atoms with Crippen LogP contribution in [-0.2, 0) is 4.74 Å². The van der Waals surface area contributed by atoms with Crippen molar-refractivity contribution in [3.05, 3.63) is 29.8 Å². The summed E-state index contributed by atoms with van der Waals surface area (Å²) in [6.07, 6.45) is 1.28. The van der Waals surface area contributed by atoms with Crippen molar-refractivity contribution in [2.75, 3.05) is 26.8 Å². The first-order valence-electron chi connectivity index (χ1n) is 7.38. The third kappa shape index (κ3) is 3.72. The lowest BCUT2D eigenvalue weighted by Gasteiger charge is -2.32. The standard InChI is InChI=1S/C16H26N2O2/c1-12(2)20-15-6-4-13(5-7-15)16(10-17)18(3)14-8-9-19-11-14/h4-7,12,14,16H,8-11,17H2,1-3H3. The Morgan fingerprint density at radius 1 is 1.35 bits per heavy atom. The summed E-state index contributed by atoms with van der Waals surface area (Å²) in [5.74, 6) is 0.909. The fraction of sp³-hybridized carbons (Fsp3) is 0.625. The molecule has 112 valence electrons. The van der Waals surface area contributed by atoms with Crippen molar-refractivity contribution in [2.45, 2.75) is 38.5 Å². The van der Waals surface area contributed by atoms with E-state index in [0.29, 0.717) is 12.6 Å². The minimum Gasteiger partial charge on any atom is -0.491 e. The van der Waals surface area contributed by atoms with Crippen LogP contribution in [0.15, 0.2) is 24.3 Å². The van der Waals surface area contributed by atoms with Gasteiger partial charge in [0.25, 0.3) is 0 Å². The minimum atomic E-state index is 0.199. The van der Waals surface area contributed by atoms with Crippen LogP contribution in [0.3, 0.4) is 0 Å². The maximum absolute atomic E-state index is 5.98. The van der Waals surface area contributed by atoms with Gasteiger partial charge in [-0.3, -0.25) is 4.90 Å². The summed E-state index contributed by atoms with van der Waals surface area (Å²) in [7, 11) is 2.13. The van der Waals surface area contributed by atoms with Crippen molar-refractivity contribution in [3.8, 4) is 5.75 Å². The van der Waals surface area contributed by atoms with Gasteiger partial charge < -0.3 is 15.2 Å². The first kappa shape index (κ1) is 15.3. The molecule has 1 aromatic rings. The molecule has 0 radical (unpaired) electrons. The van der Waals surface area contributed by atoms with Crippen molar-refractivity contribution in [1.29, 1.82) is 0 Å². The second-order valence-electron chi connectivity index (χ2n) is 5.67. The zero-order valence-corrected chi connectivity index (χ0v) is 12.7. The Bertz CT molecular complexity index is 399. The van der Waals surface area contributed by atoms with Crippen molar-refractivity contribution in [3.63, 3.8) is 0 Å². The predicted octanol–water partition coefficient (Wildman–Crippen LogP) is 2.19. The highest BCUT2D eigenvalue weighted by Crippen LogP contribution is 2.25. The number of ether oxygens (including phenoxy) is 2. The second kappa shape index (κ2) is 7.07. The van der Waals surface area contributed by atoms with Crippen molar-refractivity contribution in [1.82, 2.24) is 4.90 Å². The van der Waals surface area contributed by atoms with Crippen LogP contribution in [0.2, 0.25) is 0 Å². The van der Waals surface area contributed by atoms with Gasteiger partial charge >= 0.3 is 0 Å². The molecule has 20 heavy (non-hydrogen) atoms. The fourth-order valence-corrected chi connectivity index (χ4v) is 2.68. The lowest BCUT2D eigenvalue weighted by Crippen LogP contribution is -2.38. The van der Waals surface area contributed by atoms with Gasteiger partial charge in [-0.05, 0) is 45.0 Å². The van der Waals surface area contributed by atoms with E-state index < -0.39 is 0 Å². The van der Waals surface area contributed by atoms with Crippen LogP contribution in [0.25, 0.3) is 0 Å². The molecule has 2 rings (SSSR count). The SMILES string of the molecule is CC(C)Oc1ccc(C(CN)N(C)C2CCOC2)cc1. The van der Waals surface area contributed by atoms with Gasteiger partial charge in [-0.2, -0.15) is 0 Å². The van der Waals surface area contributed by atoms with E-state index in [2.05, 4.69) is 24.1 Å². The van der Waals surface area contributed by atoms with Gasteiger partial charge in [-0.25, -0.2) is 0 Å². The van der Waals surface area contributed by atoms with Crippen LogP contribution in [0.4, 0.5) is 0 Å². The normalized spacial score (nSPS) is 20.6. The summed E-state index contributed by atoms with van der Waals surface area (Å²) in [5, 5.41) is 0. The number of rotatable bonds is 6. The molecule has 2 atom stereocenters. The van der Waals surface area contributed by atoms with Gasteiger partial charge in [-0.15, -0.1) is 0 Å². The molecule has 0 amide bonds. The van der Waals surface area contributed by atoms with E-state index in [1.807, 2.05) is 26.0 Å². The van der Waals surface area contributed by atoms with Crippen LogP contribution in [0.1, 0.15) is 31.9 Å². The summed E-state index contributed by atoms with van der Waals surface area (Å²) < 4.78 is 11.1. The highest BCUT2D eigenvalue weighted by molar-refractivity contribution is 5.29. The molecule has 0 aliphatic carbocycles.